The molecule has 0 spiro atoms. The van der Waals surface area contributed by atoms with Gasteiger partial charge in [0, 0.05) is 37.6 Å². The first-order valence-electron chi connectivity index (χ1n) is 6.85. The molecule has 1 fully saturated rings. The molecule has 3 N–H and O–H groups in total. The van der Waals surface area contributed by atoms with Crippen LogP contribution in [-0.4, -0.2) is 36.6 Å². The van der Waals surface area contributed by atoms with E-state index in [4.69, 9.17) is 5.73 Å². The molecule has 1 aliphatic heterocycles. The van der Waals surface area contributed by atoms with E-state index in [9.17, 15) is 4.79 Å². The molecule has 0 aromatic carbocycles. The predicted octanol–water partition coefficient (Wildman–Crippen LogP) is 1.00. The van der Waals surface area contributed by atoms with Gasteiger partial charge in [0.1, 0.15) is 5.69 Å². The van der Waals surface area contributed by atoms with Gasteiger partial charge in [0.05, 0.1) is 0 Å². The maximum absolute atomic E-state index is 11.8. The molecule has 1 aromatic heterocycles. The van der Waals surface area contributed by atoms with Gasteiger partial charge in [-0.25, -0.2) is 0 Å². The van der Waals surface area contributed by atoms with Crippen molar-refractivity contribution in [2.45, 2.75) is 26.3 Å². The maximum atomic E-state index is 11.8. The molecule has 2 atom stereocenters. The molecule has 104 valence electrons. The summed E-state index contributed by atoms with van der Waals surface area (Å²) in [4.78, 5) is 18.2. The molecule has 0 saturated carbocycles. The van der Waals surface area contributed by atoms with E-state index in [1.807, 2.05) is 19.1 Å². The lowest BCUT2D eigenvalue weighted by molar-refractivity contribution is 0.0951. The second-order valence-corrected chi connectivity index (χ2v) is 5.26. The lowest BCUT2D eigenvalue weighted by atomic mass is 9.96. The number of piperidine rings is 1. The fourth-order valence-corrected chi connectivity index (χ4v) is 2.60. The molecule has 0 bridgehead atoms. The van der Waals surface area contributed by atoms with Gasteiger partial charge < -0.3 is 16.0 Å². The molecule has 2 rings (SSSR count). The Morgan fingerprint density at radius 3 is 3.05 bits per heavy atom. The summed E-state index contributed by atoms with van der Waals surface area (Å²) in [6.07, 6.45) is 2.75. The monoisotopic (exact) mass is 262 g/mol. The normalized spacial score (nSPS) is 23.2. The van der Waals surface area contributed by atoms with E-state index in [1.54, 1.807) is 6.20 Å². The maximum Gasteiger partial charge on any atom is 0.269 e. The lowest BCUT2D eigenvalue weighted by Gasteiger charge is -2.36. The van der Waals surface area contributed by atoms with Gasteiger partial charge in [0.2, 0.25) is 0 Å². The van der Waals surface area contributed by atoms with Crippen LogP contribution in [-0.2, 0) is 0 Å². The molecule has 0 aliphatic carbocycles. The number of nitrogens with zero attached hydrogens (tertiary/aromatic N) is 2. The average Bonchev–Trinajstić information content (AvgIpc) is 2.38. The third-order valence-electron chi connectivity index (χ3n) is 3.37. The first kappa shape index (κ1) is 13.8. The first-order chi connectivity index (χ1) is 9.10. The van der Waals surface area contributed by atoms with Crippen molar-refractivity contribution in [1.29, 1.82) is 0 Å². The third-order valence-corrected chi connectivity index (χ3v) is 3.37. The largest absolute Gasteiger partial charge is 0.370 e. The fraction of sp³-hybridized carbons (Fsp3) is 0.571. The Labute approximate surface area is 114 Å². The molecule has 5 heteroatoms. The van der Waals surface area contributed by atoms with Gasteiger partial charge in [-0.3, -0.25) is 9.78 Å². The Kier molecular flexibility index (Phi) is 4.37. The summed E-state index contributed by atoms with van der Waals surface area (Å²) in [5.74, 6) is 0.448. The summed E-state index contributed by atoms with van der Waals surface area (Å²) in [5, 5.41) is 2.76. The minimum Gasteiger partial charge on any atom is -0.370 e. The van der Waals surface area contributed by atoms with Gasteiger partial charge in [-0.15, -0.1) is 0 Å². The minimum atomic E-state index is -0.126. The SMILES string of the molecule is CCNC(=O)c1cc(N2CC(C)CC(N)C2)ccn1. The Morgan fingerprint density at radius 2 is 2.37 bits per heavy atom. The molecule has 2 unspecified atom stereocenters. The number of carbonyl (C=O) groups is 1. The van der Waals surface area contributed by atoms with Crippen molar-refractivity contribution in [1.82, 2.24) is 10.3 Å². The minimum absolute atomic E-state index is 0.126. The van der Waals surface area contributed by atoms with E-state index >= 15 is 0 Å². The number of amides is 1. The summed E-state index contributed by atoms with van der Waals surface area (Å²) in [6, 6.07) is 3.98. The van der Waals surface area contributed by atoms with Crippen LogP contribution in [0.5, 0.6) is 0 Å². The van der Waals surface area contributed by atoms with Gasteiger partial charge >= 0.3 is 0 Å². The zero-order valence-electron chi connectivity index (χ0n) is 11.6. The second-order valence-electron chi connectivity index (χ2n) is 5.26. The summed E-state index contributed by atoms with van der Waals surface area (Å²) in [5.41, 5.74) is 7.55. The molecule has 0 radical (unpaired) electrons. The van der Waals surface area contributed by atoms with Crippen LogP contribution < -0.4 is 16.0 Å². The number of carbonyl (C=O) groups excluding carboxylic acids is 1. The molecule has 1 saturated heterocycles. The van der Waals surface area contributed by atoms with Crippen molar-refractivity contribution in [3.63, 3.8) is 0 Å². The fourth-order valence-electron chi connectivity index (χ4n) is 2.60. The van der Waals surface area contributed by atoms with Gasteiger partial charge in [0.15, 0.2) is 0 Å². The Balaban J connectivity index is 2.16. The van der Waals surface area contributed by atoms with Gasteiger partial charge in [-0.05, 0) is 31.4 Å². The van der Waals surface area contributed by atoms with Gasteiger partial charge in [-0.2, -0.15) is 0 Å². The van der Waals surface area contributed by atoms with Gasteiger partial charge in [-0.1, -0.05) is 6.92 Å². The zero-order chi connectivity index (χ0) is 13.8. The molecular formula is C14H22N4O. The summed E-state index contributed by atoms with van der Waals surface area (Å²) >= 11 is 0. The molecule has 1 amide bonds. The van der Waals surface area contributed by atoms with Crippen molar-refractivity contribution in [2.24, 2.45) is 11.7 Å². The van der Waals surface area contributed by atoms with Crippen LogP contribution in [0.4, 0.5) is 5.69 Å². The number of nitrogens with two attached hydrogens (primary N) is 1. The van der Waals surface area contributed by atoms with Crippen molar-refractivity contribution in [3.05, 3.63) is 24.0 Å². The Morgan fingerprint density at radius 1 is 1.58 bits per heavy atom. The summed E-state index contributed by atoms with van der Waals surface area (Å²) in [6.45, 7) is 6.52. The summed E-state index contributed by atoms with van der Waals surface area (Å²) < 4.78 is 0. The van der Waals surface area contributed by atoms with Crippen LogP contribution in [0.3, 0.4) is 0 Å². The molecular weight excluding hydrogens is 240 g/mol. The van der Waals surface area contributed by atoms with E-state index in [0.717, 1.165) is 25.2 Å². The van der Waals surface area contributed by atoms with E-state index in [1.165, 1.54) is 0 Å². The highest BCUT2D eigenvalue weighted by Gasteiger charge is 2.22. The van der Waals surface area contributed by atoms with Crippen LogP contribution in [0.25, 0.3) is 0 Å². The Bertz CT molecular complexity index is 439. The molecule has 19 heavy (non-hydrogen) atoms. The Hall–Kier alpha value is -1.62. The van der Waals surface area contributed by atoms with Crippen LogP contribution in [0.1, 0.15) is 30.8 Å². The van der Waals surface area contributed by atoms with Crippen molar-refractivity contribution in [3.8, 4) is 0 Å². The molecule has 1 aliphatic rings. The van der Waals surface area contributed by atoms with E-state index in [2.05, 4.69) is 22.1 Å². The second kappa shape index (κ2) is 6.02. The average molecular weight is 262 g/mol. The zero-order valence-corrected chi connectivity index (χ0v) is 11.6. The predicted molar refractivity (Wildman–Crippen MR) is 76.2 cm³/mol. The highest BCUT2D eigenvalue weighted by molar-refractivity contribution is 5.93. The quantitative estimate of drug-likeness (QED) is 0.852. The third kappa shape index (κ3) is 3.44. The standard InChI is InChI=1S/C14H22N4O/c1-3-16-14(19)13-7-12(4-5-17-13)18-8-10(2)6-11(15)9-18/h4-5,7,10-11H,3,6,8-9,15H2,1-2H3,(H,16,19). The number of hydrogen-bond acceptors (Lipinski definition) is 4. The number of aromatic nitrogens is 1. The highest BCUT2D eigenvalue weighted by atomic mass is 16.1. The number of nitrogens with one attached hydrogen (secondary N) is 1. The number of hydrogen-bond donors (Lipinski definition) is 2. The number of anilines is 1. The molecule has 2 heterocycles. The topological polar surface area (TPSA) is 71.2 Å². The lowest BCUT2D eigenvalue weighted by Crippen LogP contribution is -2.46. The first-order valence-corrected chi connectivity index (χ1v) is 6.85. The summed E-state index contributed by atoms with van der Waals surface area (Å²) in [7, 11) is 0. The van der Waals surface area contributed by atoms with Crippen LogP contribution >= 0.6 is 0 Å². The number of rotatable bonds is 3. The van der Waals surface area contributed by atoms with E-state index < -0.39 is 0 Å². The van der Waals surface area contributed by atoms with Crippen molar-refractivity contribution < 1.29 is 4.79 Å². The van der Waals surface area contributed by atoms with Crippen molar-refractivity contribution in [2.75, 3.05) is 24.5 Å². The van der Waals surface area contributed by atoms with Crippen LogP contribution in [0, 0.1) is 5.92 Å². The highest BCUT2D eigenvalue weighted by Crippen LogP contribution is 2.22. The van der Waals surface area contributed by atoms with Crippen molar-refractivity contribution >= 4 is 11.6 Å². The molecule has 1 aromatic rings. The molecule has 5 nitrogen and oxygen atoms in total. The number of pyridine rings is 1. The smallest absolute Gasteiger partial charge is 0.269 e. The van der Waals surface area contributed by atoms with Crippen LogP contribution in [0.15, 0.2) is 18.3 Å². The van der Waals surface area contributed by atoms with Gasteiger partial charge in [0.25, 0.3) is 5.91 Å². The van der Waals surface area contributed by atoms with Crippen LogP contribution in [0.2, 0.25) is 0 Å². The van der Waals surface area contributed by atoms with E-state index in [0.29, 0.717) is 18.2 Å². The van der Waals surface area contributed by atoms with E-state index in [-0.39, 0.29) is 11.9 Å².